The van der Waals surface area contributed by atoms with Crippen molar-refractivity contribution in [3.05, 3.63) is 71.3 Å². The highest BCUT2D eigenvalue weighted by atomic mass is 19.4. The lowest BCUT2D eigenvalue weighted by Crippen LogP contribution is -2.16. The van der Waals surface area contributed by atoms with Crippen molar-refractivity contribution in [2.24, 2.45) is 0 Å². The van der Waals surface area contributed by atoms with E-state index in [-0.39, 0.29) is 6.42 Å². The van der Waals surface area contributed by atoms with E-state index in [9.17, 15) is 13.2 Å². The summed E-state index contributed by atoms with van der Waals surface area (Å²) in [6.07, 6.45) is 2.57. The molecule has 0 aliphatic heterocycles. The number of halogens is 3. The third kappa shape index (κ3) is 3.13. The van der Waals surface area contributed by atoms with E-state index in [1.165, 1.54) is 0 Å². The molecule has 106 valence electrons. The number of hydrogen-bond donors (Lipinski definition) is 0. The normalized spacial score (nSPS) is 20.0. The first-order valence-electron chi connectivity index (χ1n) is 6.17. The minimum atomic E-state index is -4.32. The summed E-state index contributed by atoms with van der Waals surface area (Å²) >= 11 is 0. The maximum atomic E-state index is 12.7. The first kappa shape index (κ1) is 14.4. The van der Waals surface area contributed by atoms with Crippen LogP contribution in [0.1, 0.15) is 19.8 Å². The van der Waals surface area contributed by atoms with Crippen molar-refractivity contribution >= 4 is 0 Å². The lowest BCUT2D eigenvalue weighted by atomic mass is 9.94. The van der Waals surface area contributed by atoms with Crippen molar-refractivity contribution < 1.29 is 17.9 Å². The monoisotopic (exact) mass is 280 g/mol. The maximum Gasteiger partial charge on any atom is 0.413 e. The summed E-state index contributed by atoms with van der Waals surface area (Å²) in [6, 6.07) is 0. The zero-order valence-electron chi connectivity index (χ0n) is 11.2. The van der Waals surface area contributed by atoms with Gasteiger partial charge in [-0.15, -0.1) is 0 Å². The summed E-state index contributed by atoms with van der Waals surface area (Å²) in [4.78, 5) is 0. The Morgan fingerprint density at radius 3 is 2.45 bits per heavy atom. The van der Waals surface area contributed by atoms with Crippen molar-refractivity contribution in [3.63, 3.8) is 0 Å². The molecule has 0 fully saturated rings. The summed E-state index contributed by atoms with van der Waals surface area (Å²) in [5, 5.41) is 0. The van der Waals surface area contributed by atoms with Crippen LogP contribution >= 0.6 is 0 Å². The standard InChI is InChI=1S/C16H15F3O/c1-10-5-4-6-14(7-10)20-15-11(2)8-13(9-12(15)3)16(17,18)19/h4-6,9H,1-2,7-8H2,3H3. The fourth-order valence-corrected chi connectivity index (χ4v) is 2.14. The van der Waals surface area contributed by atoms with Crippen LogP contribution in [0.15, 0.2) is 71.3 Å². The predicted octanol–water partition coefficient (Wildman–Crippen LogP) is 5.13. The fourth-order valence-electron chi connectivity index (χ4n) is 2.14. The Balaban J connectivity index is 2.25. The zero-order chi connectivity index (χ0) is 14.9. The van der Waals surface area contributed by atoms with Crippen LogP contribution in [0, 0.1) is 0 Å². The van der Waals surface area contributed by atoms with E-state index in [0.29, 0.717) is 29.1 Å². The molecular formula is C16H15F3O. The quantitative estimate of drug-likeness (QED) is 0.681. The van der Waals surface area contributed by atoms with Gasteiger partial charge in [-0.2, -0.15) is 13.2 Å². The Morgan fingerprint density at radius 1 is 1.20 bits per heavy atom. The van der Waals surface area contributed by atoms with E-state index in [1.807, 2.05) is 6.08 Å². The van der Waals surface area contributed by atoms with Crippen LogP contribution in [0.3, 0.4) is 0 Å². The number of allylic oxidation sites excluding steroid dienone is 8. The molecule has 0 bridgehead atoms. The summed E-state index contributed by atoms with van der Waals surface area (Å²) < 4.78 is 43.9. The highest BCUT2D eigenvalue weighted by Gasteiger charge is 2.36. The third-order valence-corrected chi connectivity index (χ3v) is 3.09. The van der Waals surface area contributed by atoms with Crippen molar-refractivity contribution in [1.82, 2.24) is 0 Å². The first-order chi connectivity index (χ1) is 9.27. The van der Waals surface area contributed by atoms with Crippen LogP contribution in [0.25, 0.3) is 0 Å². The molecule has 0 aromatic rings. The van der Waals surface area contributed by atoms with E-state index in [0.717, 1.165) is 11.6 Å². The summed E-state index contributed by atoms with van der Waals surface area (Å²) in [5.74, 6) is 1.09. The molecule has 2 aliphatic rings. The Bertz CT molecular complexity index is 583. The first-order valence-corrected chi connectivity index (χ1v) is 6.17. The van der Waals surface area contributed by atoms with E-state index in [1.54, 1.807) is 19.1 Å². The minimum Gasteiger partial charge on any atom is -0.461 e. The molecule has 0 N–H and O–H groups in total. The summed E-state index contributed by atoms with van der Waals surface area (Å²) in [6.45, 7) is 9.13. The van der Waals surface area contributed by atoms with Gasteiger partial charge in [0.15, 0.2) is 0 Å². The van der Waals surface area contributed by atoms with Gasteiger partial charge in [0.2, 0.25) is 0 Å². The van der Waals surface area contributed by atoms with Crippen LogP contribution in [0.4, 0.5) is 13.2 Å². The number of rotatable bonds is 2. The average molecular weight is 280 g/mol. The highest BCUT2D eigenvalue weighted by Crippen LogP contribution is 2.38. The molecule has 0 unspecified atom stereocenters. The molecule has 2 aliphatic carbocycles. The number of hydrogen-bond acceptors (Lipinski definition) is 1. The molecule has 2 rings (SSSR count). The Morgan fingerprint density at radius 2 is 1.90 bits per heavy atom. The van der Waals surface area contributed by atoms with E-state index in [2.05, 4.69) is 13.2 Å². The lowest BCUT2D eigenvalue weighted by Gasteiger charge is -2.24. The smallest absolute Gasteiger partial charge is 0.413 e. The Labute approximate surface area is 116 Å². The topological polar surface area (TPSA) is 9.23 Å². The molecule has 4 heteroatoms. The largest absolute Gasteiger partial charge is 0.461 e. The van der Waals surface area contributed by atoms with Gasteiger partial charge in [-0.25, -0.2) is 0 Å². The van der Waals surface area contributed by atoms with Crippen LogP contribution < -0.4 is 0 Å². The van der Waals surface area contributed by atoms with Gasteiger partial charge in [-0.05, 0) is 35.8 Å². The summed E-state index contributed by atoms with van der Waals surface area (Å²) in [5.41, 5.74) is 1.09. The molecule has 0 atom stereocenters. The number of ether oxygens (including phenoxy) is 1. The molecule has 0 saturated heterocycles. The van der Waals surface area contributed by atoms with Crippen LogP contribution in [-0.2, 0) is 4.74 Å². The molecule has 1 nitrogen and oxygen atoms in total. The second-order valence-corrected chi connectivity index (χ2v) is 4.89. The van der Waals surface area contributed by atoms with Gasteiger partial charge in [0.25, 0.3) is 0 Å². The molecule has 0 aromatic carbocycles. The predicted molar refractivity (Wildman–Crippen MR) is 72.7 cm³/mol. The molecule has 0 heterocycles. The Kier molecular flexibility index (Phi) is 3.75. The molecule has 0 radical (unpaired) electrons. The maximum absolute atomic E-state index is 12.7. The molecule has 0 spiro atoms. The van der Waals surface area contributed by atoms with Crippen LogP contribution in [-0.4, -0.2) is 6.18 Å². The van der Waals surface area contributed by atoms with Crippen LogP contribution in [0.2, 0.25) is 0 Å². The van der Waals surface area contributed by atoms with Gasteiger partial charge in [0.05, 0.1) is 0 Å². The lowest BCUT2D eigenvalue weighted by molar-refractivity contribution is -0.0934. The van der Waals surface area contributed by atoms with E-state index < -0.39 is 11.7 Å². The van der Waals surface area contributed by atoms with Gasteiger partial charge in [0.1, 0.15) is 11.5 Å². The number of alkyl halides is 3. The second kappa shape index (κ2) is 5.19. The molecule has 0 aromatic heterocycles. The summed E-state index contributed by atoms with van der Waals surface area (Å²) in [7, 11) is 0. The van der Waals surface area contributed by atoms with Gasteiger partial charge >= 0.3 is 6.18 Å². The van der Waals surface area contributed by atoms with Crippen molar-refractivity contribution in [1.29, 1.82) is 0 Å². The average Bonchev–Trinajstić information content (AvgIpc) is 2.32. The SMILES string of the molecule is C=C1C=CC=C(OC2=C(C)C=C(C(F)(F)F)CC2=C)C1. The Hall–Kier alpha value is -1.97. The minimum absolute atomic E-state index is 0.236. The second-order valence-electron chi connectivity index (χ2n) is 4.89. The molecular weight excluding hydrogens is 265 g/mol. The van der Waals surface area contributed by atoms with Gasteiger partial charge in [0, 0.05) is 18.4 Å². The van der Waals surface area contributed by atoms with Gasteiger partial charge in [-0.3, -0.25) is 0 Å². The van der Waals surface area contributed by atoms with Crippen molar-refractivity contribution in [3.8, 4) is 0 Å². The van der Waals surface area contributed by atoms with Crippen molar-refractivity contribution in [2.75, 3.05) is 0 Å². The van der Waals surface area contributed by atoms with E-state index in [4.69, 9.17) is 4.74 Å². The van der Waals surface area contributed by atoms with Crippen molar-refractivity contribution in [2.45, 2.75) is 25.9 Å². The molecule has 20 heavy (non-hydrogen) atoms. The van der Waals surface area contributed by atoms with Gasteiger partial charge < -0.3 is 4.74 Å². The molecule has 0 amide bonds. The highest BCUT2D eigenvalue weighted by molar-refractivity contribution is 5.45. The van der Waals surface area contributed by atoms with E-state index >= 15 is 0 Å². The zero-order valence-corrected chi connectivity index (χ0v) is 11.2. The molecule has 0 saturated carbocycles. The van der Waals surface area contributed by atoms with Gasteiger partial charge in [-0.1, -0.05) is 25.3 Å². The fraction of sp³-hybridized carbons (Fsp3) is 0.250. The van der Waals surface area contributed by atoms with Crippen LogP contribution in [0.5, 0.6) is 0 Å². The third-order valence-electron chi connectivity index (χ3n) is 3.09.